The highest BCUT2D eigenvalue weighted by Gasteiger charge is 2.34. The molecule has 0 spiro atoms. The predicted molar refractivity (Wildman–Crippen MR) is 144 cm³/mol. The topological polar surface area (TPSA) is 67.9 Å². The molecule has 0 aromatic heterocycles. The van der Waals surface area contributed by atoms with Crippen LogP contribution in [0.2, 0.25) is 5.02 Å². The van der Waals surface area contributed by atoms with E-state index in [0.717, 1.165) is 31.2 Å². The first kappa shape index (κ1) is 28.1. The Balaban J connectivity index is 2.02. The molecule has 1 atom stereocenters. The van der Waals surface area contributed by atoms with Gasteiger partial charge in [-0.1, -0.05) is 42.8 Å². The molecule has 1 saturated carbocycles. The Morgan fingerprint density at radius 1 is 1.08 bits per heavy atom. The Bertz CT molecular complexity index is 1040. The molecule has 2 amide bonds. The van der Waals surface area contributed by atoms with E-state index in [-0.39, 0.29) is 36.4 Å². The minimum absolute atomic E-state index is 0.0490. The van der Waals surface area contributed by atoms with Crippen LogP contribution in [0.25, 0.3) is 0 Å². The van der Waals surface area contributed by atoms with E-state index in [1.165, 1.54) is 4.90 Å². The first-order valence-electron chi connectivity index (χ1n) is 12.5. The number of halogens is 2. The van der Waals surface area contributed by atoms with Gasteiger partial charge >= 0.3 is 0 Å². The van der Waals surface area contributed by atoms with Gasteiger partial charge in [0, 0.05) is 17.6 Å². The molecular weight excluding hydrogens is 499 g/mol. The molecule has 0 heterocycles. The number of carbonyl (C=O) groups is 2. The zero-order valence-corrected chi connectivity index (χ0v) is 22.9. The van der Waals surface area contributed by atoms with Crippen molar-refractivity contribution in [2.75, 3.05) is 13.0 Å². The van der Waals surface area contributed by atoms with Crippen molar-refractivity contribution in [2.24, 2.45) is 5.92 Å². The van der Waals surface area contributed by atoms with Crippen LogP contribution in [0.15, 0.2) is 42.5 Å². The van der Waals surface area contributed by atoms with Crippen molar-refractivity contribution in [3.63, 3.8) is 0 Å². The molecule has 0 aliphatic heterocycles. The molecule has 6 nitrogen and oxygen atoms in total. The molecule has 1 aliphatic carbocycles. The van der Waals surface area contributed by atoms with E-state index in [1.54, 1.807) is 31.4 Å². The predicted octanol–water partition coefficient (Wildman–Crippen LogP) is 6.14. The minimum Gasteiger partial charge on any atom is -0.493 e. The van der Waals surface area contributed by atoms with Gasteiger partial charge < -0.3 is 19.7 Å². The van der Waals surface area contributed by atoms with Crippen LogP contribution in [0.5, 0.6) is 11.5 Å². The second kappa shape index (κ2) is 13.2. The van der Waals surface area contributed by atoms with Crippen molar-refractivity contribution in [3.8, 4) is 11.5 Å². The van der Waals surface area contributed by atoms with Crippen LogP contribution in [0, 0.1) is 5.92 Å². The van der Waals surface area contributed by atoms with Gasteiger partial charge in [-0.05, 0) is 74.8 Å². The van der Waals surface area contributed by atoms with Crippen LogP contribution in [0.4, 0.5) is 0 Å². The van der Waals surface area contributed by atoms with Gasteiger partial charge in [0.05, 0.1) is 13.2 Å². The van der Waals surface area contributed by atoms with Crippen molar-refractivity contribution in [1.82, 2.24) is 10.2 Å². The molecule has 36 heavy (non-hydrogen) atoms. The first-order valence-corrected chi connectivity index (χ1v) is 13.4. The lowest BCUT2D eigenvalue weighted by atomic mass is 9.87. The molecule has 196 valence electrons. The standard InChI is InChI=1S/C28H36Cl2N2O4/c1-18(2)36-24-14-11-20(15-25(24)35-4)27(28(34)31-22-12-9-19(3)10-13-22)32(26(33)16-29)17-21-7-5-6-8-23(21)30/h5-8,11,14-15,18-19,22,27H,9-10,12-13,16-17H2,1-4H3,(H,31,34)/t19?,22?,27-/m0/s1. The monoisotopic (exact) mass is 534 g/mol. The van der Waals surface area contributed by atoms with Gasteiger partial charge in [0.25, 0.3) is 0 Å². The molecule has 0 saturated heterocycles. The van der Waals surface area contributed by atoms with E-state index in [0.29, 0.717) is 28.0 Å². The Morgan fingerprint density at radius 3 is 2.39 bits per heavy atom. The van der Waals surface area contributed by atoms with E-state index in [2.05, 4.69) is 12.2 Å². The molecule has 0 unspecified atom stereocenters. The smallest absolute Gasteiger partial charge is 0.247 e. The number of rotatable bonds is 10. The highest BCUT2D eigenvalue weighted by molar-refractivity contribution is 6.31. The van der Waals surface area contributed by atoms with E-state index >= 15 is 0 Å². The highest BCUT2D eigenvalue weighted by Crippen LogP contribution is 2.35. The maximum atomic E-state index is 13.8. The lowest BCUT2D eigenvalue weighted by molar-refractivity contribution is -0.140. The van der Waals surface area contributed by atoms with Crippen molar-refractivity contribution in [3.05, 3.63) is 58.6 Å². The summed E-state index contributed by atoms with van der Waals surface area (Å²) in [5, 5.41) is 3.72. The average Bonchev–Trinajstić information content (AvgIpc) is 2.86. The van der Waals surface area contributed by atoms with E-state index in [1.807, 2.05) is 32.0 Å². The number of alkyl halides is 1. The van der Waals surface area contributed by atoms with Gasteiger partial charge in [-0.3, -0.25) is 9.59 Å². The maximum Gasteiger partial charge on any atom is 0.247 e. The van der Waals surface area contributed by atoms with Gasteiger partial charge in [0.15, 0.2) is 11.5 Å². The Hall–Kier alpha value is -2.44. The Labute approximate surface area is 224 Å². The molecule has 1 N–H and O–H groups in total. The molecule has 1 aliphatic rings. The van der Waals surface area contributed by atoms with Crippen LogP contribution in [0.1, 0.15) is 63.6 Å². The fraction of sp³-hybridized carbons (Fsp3) is 0.500. The average molecular weight is 536 g/mol. The SMILES string of the molecule is COc1cc([C@@H](C(=O)NC2CCC(C)CC2)N(Cc2ccccc2Cl)C(=O)CCl)ccc1OC(C)C. The fourth-order valence-electron chi connectivity index (χ4n) is 4.57. The third-order valence-electron chi connectivity index (χ3n) is 6.52. The lowest BCUT2D eigenvalue weighted by Gasteiger charge is -2.34. The molecular formula is C28H36Cl2N2O4. The largest absolute Gasteiger partial charge is 0.493 e. The number of carbonyl (C=O) groups excluding carboxylic acids is 2. The van der Waals surface area contributed by atoms with Crippen molar-refractivity contribution in [1.29, 1.82) is 0 Å². The number of hydrogen-bond donors (Lipinski definition) is 1. The summed E-state index contributed by atoms with van der Waals surface area (Å²) in [5.41, 5.74) is 1.34. The number of amides is 2. The van der Waals surface area contributed by atoms with Gasteiger partial charge in [-0.15, -0.1) is 11.6 Å². The number of benzene rings is 2. The summed E-state index contributed by atoms with van der Waals surface area (Å²) in [5.74, 6) is 0.830. The van der Waals surface area contributed by atoms with E-state index < -0.39 is 6.04 Å². The summed E-state index contributed by atoms with van der Waals surface area (Å²) in [6, 6.07) is 11.8. The van der Waals surface area contributed by atoms with Crippen LogP contribution >= 0.6 is 23.2 Å². The normalized spacial score (nSPS) is 18.4. The molecule has 1 fully saturated rings. The molecule has 0 radical (unpaired) electrons. The van der Waals surface area contributed by atoms with Crippen LogP contribution in [0.3, 0.4) is 0 Å². The zero-order chi connectivity index (χ0) is 26.2. The van der Waals surface area contributed by atoms with Crippen molar-refractivity contribution in [2.45, 2.75) is 71.2 Å². The summed E-state index contributed by atoms with van der Waals surface area (Å²) in [4.78, 5) is 28.5. The third-order valence-corrected chi connectivity index (χ3v) is 7.12. The van der Waals surface area contributed by atoms with Crippen LogP contribution in [-0.2, 0) is 16.1 Å². The summed E-state index contributed by atoms with van der Waals surface area (Å²) in [6.45, 7) is 6.23. The van der Waals surface area contributed by atoms with Crippen molar-refractivity contribution >= 4 is 35.0 Å². The van der Waals surface area contributed by atoms with Gasteiger partial charge in [-0.25, -0.2) is 0 Å². The summed E-state index contributed by atoms with van der Waals surface area (Å²) < 4.78 is 11.4. The van der Waals surface area contributed by atoms with Crippen LogP contribution in [-0.4, -0.2) is 41.8 Å². The Kier molecular flexibility index (Phi) is 10.3. The third kappa shape index (κ3) is 7.30. The lowest BCUT2D eigenvalue weighted by Crippen LogP contribution is -2.47. The second-order valence-electron chi connectivity index (χ2n) is 9.69. The summed E-state index contributed by atoms with van der Waals surface area (Å²) in [6.07, 6.45) is 3.91. The number of nitrogens with zero attached hydrogens (tertiary/aromatic N) is 1. The second-order valence-corrected chi connectivity index (χ2v) is 10.4. The van der Waals surface area contributed by atoms with Gasteiger partial charge in [-0.2, -0.15) is 0 Å². The molecule has 0 bridgehead atoms. The van der Waals surface area contributed by atoms with Gasteiger partial charge in [0.1, 0.15) is 11.9 Å². The number of ether oxygens (including phenoxy) is 2. The molecule has 3 rings (SSSR count). The van der Waals surface area contributed by atoms with Crippen molar-refractivity contribution < 1.29 is 19.1 Å². The van der Waals surface area contributed by atoms with Crippen LogP contribution < -0.4 is 14.8 Å². The minimum atomic E-state index is -0.922. The molecule has 8 heteroatoms. The highest BCUT2D eigenvalue weighted by atomic mass is 35.5. The first-order chi connectivity index (χ1) is 17.2. The fourth-order valence-corrected chi connectivity index (χ4v) is 4.92. The summed E-state index contributed by atoms with van der Waals surface area (Å²) >= 11 is 12.5. The van der Waals surface area contributed by atoms with E-state index in [9.17, 15) is 9.59 Å². The summed E-state index contributed by atoms with van der Waals surface area (Å²) in [7, 11) is 1.55. The Morgan fingerprint density at radius 2 is 1.78 bits per heavy atom. The van der Waals surface area contributed by atoms with E-state index in [4.69, 9.17) is 32.7 Å². The number of hydrogen-bond acceptors (Lipinski definition) is 4. The maximum absolute atomic E-state index is 13.8. The molecule has 2 aromatic rings. The van der Waals surface area contributed by atoms with Gasteiger partial charge in [0.2, 0.25) is 11.8 Å². The number of methoxy groups -OCH3 is 1. The quantitative estimate of drug-likeness (QED) is 0.371. The molecule has 2 aromatic carbocycles. The zero-order valence-electron chi connectivity index (χ0n) is 21.4. The number of nitrogens with one attached hydrogen (secondary N) is 1.